The lowest BCUT2D eigenvalue weighted by atomic mass is 10.1. The molecule has 0 aliphatic carbocycles. The number of carbonyl (C=O) groups excluding carboxylic acids is 2. The smallest absolute Gasteiger partial charge is 0.282 e. The second-order valence-corrected chi connectivity index (χ2v) is 7.74. The Labute approximate surface area is 154 Å². The predicted octanol–water partition coefficient (Wildman–Crippen LogP) is 1.52. The standard InChI is InChI=1S/C17H17F3N2O4S/c18-17(19,20)14-6-1-4-13(12-14)5-3-9-21-27(25,26)11-10-22-15(23)7-2-8-16(22)24/h1,4,6,12,21H,2,7-11H2. The van der Waals surface area contributed by atoms with Crippen molar-refractivity contribution in [2.45, 2.75) is 25.4 Å². The highest BCUT2D eigenvalue weighted by Gasteiger charge is 2.30. The van der Waals surface area contributed by atoms with E-state index in [2.05, 4.69) is 16.6 Å². The Morgan fingerprint density at radius 3 is 2.44 bits per heavy atom. The van der Waals surface area contributed by atoms with Gasteiger partial charge in [-0.15, -0.1) is 0 Å². The molecule has 1 saturated heterocycles. The molecule has 1 fully saturated rings. The van der Waals surface area contributed by atoms with Crippen LogP contribution in [0, 0.1) is 11.8 Å². The summed E-state index contributed by atoms with van der Waals surface area (Å²) < 4.78 is 63.8. The van der Waals surface area contributed by atoms with Crippen LogP contribution in [-0.2, 0) is 25.8 Å². The highest BCUT2D eigenvalue weighted by Crippen LogP contribution is 2.29. The van der Waals surface area contributed by atoms with Gasteiger partial charge in [-0.05, 0) is 24.6 Å². The third kappa shape index (κ3) is 6.37. The maximum absolute atomic E-state index is 12.6. The van der Waals surface area contributed by atoms with Gasteiger partial charge in [0.15, 0.2) is 0 Å². The Morgan fingerprint density at radius 1 is 1.15 bits per heavy atom. The lowest BCUT2D eigenvalue weighted by molar-refractivity contribution is -0.147. The van der Waals surface area contributed by atoms with Crippen molar-refractivity contribution in [3.63, 3.8) is 0 Å². The van der Waals surface area contributed by atoms with Crippen molar-refractivity contribution in [1.29, 1.82) is 0 Å². The Hall–Kier alpha value is -2.38. The number of hydrogen-bond acceptors (Lipinski definition) is 4. The molecule has 0 radical (unpaired) electrons. The molecule has 1 aliphatic rings. The van der Waals surface area contributed by atoms with Crippen LogP contribution in [0.15, 0.2) is 24.3 Å². The van der Waals surface area contributed by atoms with Crippen molar-refractivity contribution in [2.24, 2.45) is 0 Å². The second-order valence-electron chi connectivity index (χ2n) is 5.81. The van der Waals surface area contributed by atoms with E-state index in [0.717, 1.165) is 17.0 Å². The minimum atomic E-state index is -4.48. The normalized spacial score (nSPS) is 15.4. The number of imide groups is 1. The zero-order chi connectivity index (χ0) is 20.1. The number of amides is 2. The van der Waals surface area contributed by atoms with Gasteiger partial charge in [0.25, 0.3) is 0 Å². The first-order valence-electron chi connectivity index (χ1n) is 8.05. The first-order valence-corrected chi connectivity index (χ1v) is 9.70. The van der Waals surface area contributed by atoms with Gasteiger partial charge in [-0.3, -0.25) is 14.5 Å². The van der Waals surface area contributed by atoms with E-state index < -0.39 is 39.3 Å². The van der Waals surface area contributed by atoms with Crippen molar-refractivity contribution in [3.8, 4) is 11.8 Å². The molecular formula is C17H17F3N2O4S. The zero-order valence-corrected chi connectivity index (χ0v) is 15.0. The Kier molecular flexibility index (Phi) is 6.62. The van der Waals surface area contributed by atoms with Crippen molar-refractivity contribution in [2.75, 3.05) is 18.8 Å². The van der Waals surface area contributed by atoms with Crippen molar-refractivity contribution in [3.05, 3.63) is 35.4 Å². The van der Waals surface area contributed by atoms with Crippen LogP contribution < -0.4 is 4.72 Å². The fourth-order valence-corrected chi connectivity index (χ4v) is 3.26. The van der Waals surface area contributed by atoms with Gasteiger partial charge in [0.05, 0.1) is 17.9 Å². The summed E-state index contributed by atoms with van der Waals surface area (Å²) in [5.41, 5.74) is -0.737. The maximum atomic E-state index is 12.6. The van der Waals surface area contributed by atoms with Crippen LogP contribution in [0.1, 0.15) is 30.4 Å². The monoisotopic (exact) mass is 402 g/mol. The van der Waals surface area contributed by atoms with E-state index in [9.17, 15) is 31.2 Å². The summed E-state index contributed by atoms with van der Waals surface area (Å²) in [6.45, 7) is -0.547. The first kappa shape index (κ1) is 20.9. The lowest BCUT2D eigenvalue weighted by Gasteiger charge is -2.24. The molecular weight excluding hydrogens is 385 g/mol. The molecule has 0 unspecified atom stereocenters. The second kappa shape index (κ2) is 8.54. The molecule has 1 aromatic carbocycles. The molecule has 0 aromatic heterocycles. The van der Waals surface area contributed by atoms with Crippen LogP contribution in [-0.4, -0.2) is 44.0 Å². The topological polar surface area (TPSA) is 83.6 Å². The van der Waals surface area contributed by atoms with E-state index in [0.29, 0.717) is 6.42 Å². The molecule has 0 atom stereocenters. The summed E-state index contributed by atoms with van der Waals surface area (Å²) in [5, 5.41) is 0. The molecule has 1 heterocycles. The maximum Gasteiger partial charge on any atom is 0.416 e. The van der Waals surface area contributed by atoms with Crippen LogP contribution in [0.25, 0.3) is 0 Å². The number of rotatable bonds is 5. The number of carbonyl (C=O) groups is 2. The largest absolute Gasteiger partial charge is 0.416 e. The molecule has 0 spiro atoms. The number of benzene rings is 1. The SMILES string of the molecule is O=C1CCCC(=O)N1CCS(=O)(=O)NCC#Cc1cccc(C(F)(F)F)c1. The molecule has 0 saturated carbocycles. The molecule has 146 valence electrons. The average Bonchev–Trinajstić information content (AvgIpc) is 2.58. The molecule has 1 aromatic rings. The lowest BCUT2D eigenvalue weighted by Crippen LogP contribution is -2.44. The van der Waals surface area contributed by atoms with Crippen LogP contribution >= 0.6 is 0 Å². The van der Waals surface area contributed by atoms with Crippen molar-refractivity contribution >= 4 is 21.8 Å². The van der Waals surface area contributed by atoms with Gasteiger partial charge in [0.1, 0.15) is 0 Å². The van der Waals surface area contributed by atoms with Gasteiger partial charge in [-0.2, -0.15) is 13.2 Å². The fourth-order valence-electron chi connectivity index (χ4n) is 2.40. The van der Waals surface area contributed by atoms with Gasteiger partial charge in [-0.25, -0.2) is 13.1 Å². The number of sulfonamides is 1. The fraction of sp³-hybridized carbons (Fsp3) is 0.412. The van der Waals surface area contributed by atoms with Crippen LogP contribution in [0.2, 0.25) is 0 Å². The minimum absolute atomic E-state index is 0.105. The van der Waals surface area contributed by atoms with E-state index in [4.69, 9.17) is 0 Å². The molecule has 0 bridgehead atoms. The predicted molar refractivity (Wildman–Crippen MR) is 90.7 cm³/mol. The first-order chi connectivity index (χ1) is 12.6. The van der Waals surface area contributed by atoms with E-state index in [1.807, 2.05) is 0 Å². The van der Waals surface area contributed by atoms with E-state index in [1.54, 1.807) is 0 Å². The molecule has 1 aliphatic heterocycles. The molecule has 10 heteroatoms. The number of piperidine rings is 1. The summed E-state index contributed by atoms with van der Waals surface area (Å²) in [4.78, 5) is 24.2. The number of halogens is 3. The van der Waals surface area contributed by atoms with Gasteiger partial charge in [0, 0.05) is 24.9 Å². The average molecular weight is 402 g/mol. The number of alkyl halides is 3. The zero-order valence-electron chi connectivity index (χ0n) is 14.2. The third-order valence-electron chi connectivity index (χ3n) is 3.77. The van der Waals surface area contributed by atoms with Crippen LogP contribution in [0.4, 0.5) is 13.2 Å². The highest BCUT2D eigenvalue weighted by atomic mass is 32.2. The van der Waals surface area contributed by atoms with E-state index in [-0.39, 0.29) is 31.5 Å². The quantitative estimate of drug-likeness (QED) is 0.598. The van der Waals surface area contributed by atoms with Crippen LogP contribution in [0.3, 0.4) is 0 Å². The van der Waals surface area contributed by atoms with Crippen molar-refractivity contribution < 1.29 is 31.2 Å². The number of likely N-dealkylation sites (tertiary alicyclic amines) is 1. The summed E-state index contributed by atoms with van der Waals surface area (Å²) in [6, 6.07) is 4.38. The Morgan fingerprint density at radius 2 is 1.81 bits per heavy atom. The number of hydrogen-bond donors (Lipinski definition) is 1. The summed E-state index contributed by atoms with van der Waals surface area (Å²) >= 11 is 0. The highest BCUT2D eigenvalue weighted by molar-refractivity contribution is 7.89. The number of nitrogens with one attached hydrogen (secondary N) is 1. The summed E-state index contributed by atoms with van der Waals surface area (Å²) in [6.07, 6.45) is -3.60. The molecule has 2 rings (SSSR count). The van der Waals surface area contributed by atoms with Crippen molar-refractivity contribution in [1.82, 2.24) is 9.62 Å². The van der Waals surface area contributed by atoms with Crippen LogP contribution in [0.5, 0.6) is 0 Å². The molecule has 1 N–H and O–H groups in total. The molecule has 6 nitrogen and oxygen atoms in total. The van der Waals surface area contributed by atoms with Gasteiger partial charge < -0.3 is 0 Å². The van der Waals surface area contributed by atoms with Gasteiger partial charge in [-0.1, -0.05) is 17.9 Å². The summed E-state index contributed by atoms with van der Waals surface area (Å²) in [5.74, 6) is 3.63. The summed E-state index contributed by atoms with van der Waals surface area (Å²) in [7, 11) is -3.79. The van der Waals surface area contributed by atoms with E-state index >= 15 is 0 Å². The Bertz CT molecular complexity index is 869. The van der Waals surface area contributed by atoms with Gasteiger partial charge >= 0.3 is 6.18 Å². The number of nitrogens with zero attached hydrogens (tertiary/aromatic N) is 1. The van der Waals surface area contributed by atoms with Gasteiger partial charge in [0.2, 0.25) is 21.8 Å². The van der Waals surface area contributed by atoms with E-state index in [1.165, 1.54) is 12.1 Å². The minimum Gasteiger partial charge on any atom is -0.282 e. The molecule has 2 amide bonds. The Balaban J connectivity index is 1.88. The third-order valence-corrected chi connectivity index (χ3v) is 5.07. The molecule has 27 heavy (non-hydrogen) atoms.